The molecule has 0 aromatic heterocycles. The predicted octanol–water partition coefficient (Wildman–Crippen LogP) is -0.298. The first-order valence-corrected chi connectivity index (χ1v) is 7.76. The van der Waals surface area contributed by atoms with Crippen molar-refractivity contribution < 1.29 is 8.42 Å². The summed E-state index contributed by atoms with van der Waals surface area (Å²) < 4.78 is 28.0. The third-order valence-corrected chi connectivity index (χ3v) is 4.37. The van der Waals surface area contributed by atoms with Crippen LogP contribution in [-0.2, 0) is 10.2 Å². The van der Waals surface area contributed by atoms with Crippen molar-refractivity contribution in [2.75, 3.05) is 47.8 Å². The van der Waals surface area contributed by atoms with Crippen LogP contribution < -0.4 is 10.0 Å². The highest BCUT2D eigenvalue weighted by molar-refractivity contribution is 7.87. The second kappa shape index (κ2) is 8.82. The molecule has 0 aliphatic heterocycles. The van der Waals surface area contributed by atoms with Crippen LogP contribution >= 0.6 is 0 Å². The molecule has 0 aromatic rings. The van der Waals surface area contributed by atoms with Crippen LogP contribution in [0, 0.1) is 0 Å². The van der Waals surface area contributed by atoms with Gasteiger partial charge in [-0.15, -0.1) is 0 Å². The van der Waals surface area contributed by atoms with Gasteiger partial charge in [0.2, 0.25) is 0 Å². The minimum Gasteiger partial charge on any atom is -0.320 e. The third-order valence-electron chi connectivity index (χ3n) is 2.67. The zero-order valence-corrected chi connectivity index (χ0v) is 13.0. The summed E-state index contributed by atoms with van der Waals surface area (Å²) >= 11 is 0. The Morgan fingerprint density at radius 2 is 1.78 bits per heavy atom. The molecule has 0 spiro atoms. The smallest absolute Gasteiger partial charge is 0.279 e. The molecule has 0 saturated carbocycles. The zero-order chi connectivity index (χ0) is 14.2. The van der Waals surface area contributed by atoms with Crippen LogP contribution in [0.25, 0.3) is 0 Å². The molecule has 110 valence electrons. The van der Waals surface area contributed by atoms with E-state index in [-0.39, 0.29) is 6.04 Å². The first-order valence-electron chi connectivity index (χ1n) is 6.32. The molecular formula is C11H28N4O2S. The van der Waals surface area contributed by atoms with Crippen LogP contribution in [0.5, 0.6) is 0 Å². The van der Waals surface area contributed by atoms with Crippen LogP contribution in [0.2, 0.25) is 0 Å². The first-order chi connectivity index (χ1) is 8.29. The van der Waals surface area contributed by atoms with Gasteiger partial charge in [0.05, 0.1) is 0 Å². The largest absolute Gasteiger partial charge is 0.320 e. The van der Waals surface area contributed by atoms with E-state index in [0.717, 1.165) is 25.9 Å². The summed E-state index contributed by atoms with van der Waals surface area (Å²) in [5.74, 6) is 0. The van der Waals surface area contributed by atoms with Crippen molar-refractivity contribution in [3.63, 3.8) is 0 Å². The third kappa shape index (κ3) is 7.99. The lowest BCUT2D eigenvalue weighted by molar-refractivity contribution is 0.373. The van der Waals surface area contributed by atoms with Crippen LogP contribution in [0.3, 0.4) is 0 Å². The highest BCUT2D eigenvalue weighted by atomic mass is 32.2. The molecule has 0 radical (unpaired) electrons. The standard InChI is InChI=1S/C11H28N4O2S/c1-11(7-10-14(3)4)13-18(16,17)15(5)9-6-8-12-2/h11-13H,6-10H2,1-5H3. The van der Waals surface area contributed by atoms with Crippen LogP contribution in [-0.4, -0.2) is 71.5 Å². The summed E-state index contributed by atoms with van der Waals surface area (Å²) in [5.41, 5.74) is 0. The molecule has 0 bridgehead atoms. The van der Waals surface area contributed by atoms with Gasteiger partial charge in [0.15, 0.2) is 0 Å². The van der Waals surface area contributed by atoms with Crippen LogP contribution in [0.15, 0.2) is 0 Å². The highest BCUT2D eigenvalue weighted by Gasteiger charge is 2.19. The summed E-state index contributed by atoms with van der Waals surface area (Å²) in [6.45, 7) is 4.10. The molecule has 0 saturated heterocycles. The van der Waals surface area contributed by atoms with Crippen molar-refractivity contribution >= 4 is 10.2 Å². The molecule has 18 heavy (non-hydrogen) atoms. The van der Waals surface area contributed by atoms with Crippen molar-refractivity contribution in [3.05, 3.63) is 0 Å². The van der Waals surface area contributed by atoms with E-state index >= 15 is 0 Å². The number of hydrogen-bond acceptors (Lipinski definition) is 4. The maximum absolute atomic E-state index is 12.0. The number of nitrogens with zero attached hydrogens (tertiary/aromatic N) is 2. The number of nitrogens with one attached hydrogen (secondary N) is 2. The molecule has 1 unspecified atom stereocenters. The SMILES string of the molecule is CNCCCN(C)S(=O)(=O)NC(C)CCN(C)C. The van der Waals surface area contributed by atoms with Crippen LogP contribution in [0.1, 0.15) is 19.8 Å². The molecule has 6 nitrogen and oxygen atoms in total. The van der Waals surface area contributed by atoms with E-state index in [0.29, 0.717) is 6.54 Å². The van der Waals surface area contributed by atoms with Crippen molar-refractivity contribution in [3.8, 4) is 0 Å². The molecule has 0 rings (SSSR count). The molecular weight excluding hydrogens is 252 g/mol. The Balaban J connectivity index is 4.11. The molecule has 0 aliphatic carbocycles. The fourth-order valence-electron chi connectivity index (χ4n) is 1.45. The number of hydrogen-bond donors (Lipinski definition) is 2. The van der Waals surface area contributed by atoms with Gasteiger partial charge in [-0.05, 0) is 54.0 Å². The lowest BCUT2D eigenvalue weighted by atomic mass is 10.2. The Kier molecular flexibility index (Phi) is 8.71. The Bertz CT molecular complexity index is 306. The van der Waals surface area contributed by atoms with Gasteiger partial charge in [0.25, 0.3) is 10.2 Å². The molecule has 2 N–H and O–H groups in total. The highest BCUT2D eigenvalue weighted by Crippen LogP contribution is 2.00. The predicted molar refractivity (Wildman–Crippen MR) is 75.9 cm³/mol. The van der Waals surface area contributed by atoms with E-state index in [4.69, 9.17) is 0 Å². The normalized spacial score (nSPS) is 14.4. The van der Waals surface area contributed by atoms with Gasteiger partial charge >= 0.3 is 0 Å². The van der Waals surface area contributed by atoms with E-state index in [1.54, 1.807) is 7.05 Å². The van der Waals surface area contributed by atoms with Crippen molar-refractivity contribution in [2.24, 2.45) is 0 Å². The molecule has 7 heteroatoms. The molecule has 1 atom stereocenters. The summed E-state index contributed by atoms with van der Waals surface area (Å²) in [7, 11) is 4.07. The maximum atomic E-state index is 12.0. The molecule has 0 aliphatic rings. The fourth-order valence-corrected chi connectivity index (χ4v) is 2.63. The Morgan fingerprint density at radius 3 is 2.28 bits per heavy atom. The Labute approximate surface area is 112 Å². The van der Waals surface area contributed by atoms with Gasteiger partial charge in [0, 0.05) is 19.6 Å². The quantitative estimate of drug-likeness (QED) is 0.539. The van der Waals surface area contributed by atoms with Crippen LogP contribution in [0.4, 0.5) is 0 Å². The van der Waals surface area contributed by atoms with Gasteiger partial charge < -0.3 is 10.2 Å². The van der Waals surface area contributed by atoms with Gasteiger partial charge in [-0.1, -0.05) is 0 Å². The van der Waals surface area contributed by atoms with E-state index in [1.165, 1.54) is 4.31 Å². The van der Waals surface area contributed by atoms with E-state index in [9.17, 15) is 8.42 Å². The monoisotopic (exact) mass is 280 g/mol. The zero-order valence-electron chi connectivity index (χ0n) is 12.2. The Hall–Kier alpha value is -0.210. The molecule has 0 amide bonds. The summed E-state index contributed by atoms with van der Waals surface area (Å²) in [6, 6.07) is -0.0517. The lowest BCUT2D eigenvalue weighted by Crippen LogP contribution is -2.44. The van der Waals surface area contributed by atoms with Crippen molar-refractivity contribution in [1.29, 1.82) is 0 Å². The fraction of sp³-hybridized carbons (Fsp3) is 1.00. The topological polar surface area (TPSA) is 64.7 Å². The second-order valence-corrected chi connectivity index (χ2v) is 6.70. The molecule has 0 fully saturated rings. The Morgan fingerprint density at radius 1 is 1.17 bits per heavy atom. The summed E-state index contributed by atoms with van der Waals surface area (Å²) in [5, 5.41) is 3.00. The van der Waals surface area contributed by atoms with E-state index in [2.05, 4.69) is 10.0 Å². The minimum atomic E-state index is -3.35. The maximum Gasteiger partial charge on any atom is 0.279 e. The van der Waals surface area contributed by atoms with Gasteiger partial charge in [0.1, 0.15) is 0 Å². The molecule has 0 aromatic carbocycles. The second-order valence-electron chi connectivity index (χ2n) is 4.89. The first kappa shape index (κ1) is 17.8. The van der Waals surface area contributed by atoms with E-state index in [1.807, 2.05) is 33.0 Å². The number of rotatable bonds is 10. The summed E-state index contributed by atoms with van der Waals surface area (Å²) in [4.78, 5) is 2.04. The summed E-state index contributed by atoms with van der Waals surface area (Å²) in [6.07, 6.45) is 1.61. The molecule has 0 heterocycles. The van der Waals surface area contributed by atoms with E-state index < -0.39 is 10.2 Å². The van der Waals surface area contributed by atoms with Crippen molar-refractivity contribution in [1.82, 2.24) is 19.2 Å². The minimum absolute atomic E-state index is 0.0517. The van der Waals surface area contributed by atoms with Gasteiger partial charge in [-0.25, -0.2) is 0 Å². The lowest BCUT2D eigenvalue weighted by Gasteiger charge is -2.22. The van der Waals surface area contributed by atoms with Gasteiger partial charge in [-0.3, -0.25) is 0 Å². The van der Waals surface area contributed by atoms with Crippen molar-refractivity contribution in [2.45, 2.75) is 25.8 Å². The average molecular weight is 280 g/mol. The average Bonchev–Trinajstić information content (AvgIpc) is 2.26. The van der Waals surface area contributed by atoms with Gasteiger partial charge in [-0.2, -0.15) is 17.4 Å².